The molecule has 1 aromatic rings. The number of thiazole rings is 1. The molecule has 2 rings (SSSR count). The van der Waals surface area contributed by atoms with E-state index in [4.69, 9.17) is 5.11 Å². The molecular weight excluding hydrogens is 272 g/mol. The van der Waals surface area contributed by atoms with Crippen molar-refractivity contribution >= 4 is 17.3 Å². The van der Waals surface area contributed by atoms with E-state index >= 15 is 0 Å². The Hall–Kier alpha value is -0.940. The topological polar surface area (TPSA) is 62.2 Å². The standard InChI is InChI=1S/C15H24N2O2S/c1-10(2)14-17-13(9-20-14)8-16-7-11-3-5-12(6-4-11)15(18)19/h9-12,16H,3-8H2,1-2H3,(H,18,19). The minimum Gasteiger partial charge on any atom is -0.481 e. The van der Waals surface area contributed by atoms with Gasteiger partial charge in [-0.25, -0.2) is 4.98 Å². The molecule has 0 spiro atoms. The maximum Gasteiger partial charge on any atom is 0.306 e. The lowest BCUT2D eigenvalue weighted by Crippen LogP contribution is -2.28. The Kier molecular flexibility index (Phi) is 5.54. The summed E-state index contributed by atoms with van der Waals surface area (Å²) in [5, 5.41) is 15.8. The van der Waals surface area contributed by atoms with Crippen molar-refractivity contribution in [2.45, 2.75) is 52.0 Å². The van der Waals surface area contributed by atoms with Gasteiger partial charge in [0.15, 0.2) is 0 Å². The smallest absolute Gasteiger partial charge is 0.306 e. The van der Waals surface area contributed by atoms with E-state index in [0.717, 1.165) is 44.5 Å². The van der Waals surface area contributed by atoms with Crippen molar-refractivity contribution in [3.63, 3.8) is 0 Å². The van der Waals surface area contributed by atoms with Crippen LogP contribution in [0.5, 0.6) is 0 Å². The van der Waals surface area contributed by atoms with Crippen LogP contribution in [0, 0.1) is 11.8 Å². The summed E-state index contributed by atoms with van der Waals surface area (Å²) >= 11 is 1.73. The molecule has 1 saturated carbocycles. The monoisotopic (exact) mass is 296 g/mol. The van der Waals surface area contributed by atoms with Crippen LogP contribution in [0.25, 0.3) is 0 Å². The first-order valence-corrected chi connectivity index (χ1v) is 8.32. The van der Waals surface area contributed by atoms with E-state index in [0.29, 0.717) is 11.8 Å². The van der Waals surface area contributed by atoms with Crippen LogP contribution in [0.1, 0.15) is 56.2 Å². The summed E-state index contributed by atoms with van der Waals surface area (Å²) in [6, 6.07) is 0. The van der Waals surface area contributed by atoms with Gasteiger partial charge >= 0.3 is 5.97 Å². The van der Waals surface area contributed by atoms with E-state index in [1.165, 1.54) is 5.01 Å². The highest BCUT2D eigenvalue weighted by atomic mass is 32.1. The molecule has 0 radical (unpaired) electrons. The molecule has 5 heteroatoms. The number of carboxylic acid groups (broad SMARTS) is 1. The SMILES string of the molecule is CC(C)c1nc(CNCC2CCC(C(=O)O)CC2)cs1. The Morgan fingerprint density at radius 2 is 2.15 bits per heavy atom. The lowest BCUT2D eigenvalue weighted by Gasteiger charge is -2.26. The average molecular weight is 296 g/mol. The highest BCUT2D eigenvalue weighted by Crippen LogP contribution is 2.28. The molecule has 20 heavy (non-hydrogen) atoms. The minimum absolute atomic E-state index is 0.113. The first kappa shape index (κ1) is 15.4. The van der Waals surface area contributed by atoms with Crippen molar-refractivity contribution in [2.24, 2.45) is 11.8 Å². The molecule has 0 saturated heterocycles. The van der Waals surface area contributed by atoms with Gasteiger partial charge in [-0.05, 0) is 38.1 Å². The number of nitrogens with one attached hydrogen (secondary N) is 1. The van der Waals surface area contributed by atoms with E-state index < -0.39 is 5.97 Å². The van der Waals surface area contributed by atoms with Crippen LogP contribution in [0.2, 0.25) is 0 Å². The second-order valence-electron chi connectivity index (χ2n) is 6.02. The molecule has 112 valence electrons. The molecule has 1 fully saturated rings. The Labute approximate surface area is 124 Å². The number of aromatic nitrogens is 1. The van der Waals surface area contributed by atoms with Gasteiger partial charge in [-0.1, -0.05) is 13.8 Å². The fourth-order valence-corrected chi connectivity index (χ4v) is 3.52. The Morgan fingerprint density at radius 1 is 1.45 bits per heavy atom. The van der Waals surface area contributed by atoms with Crippen LogP contribution in [-0.4, -0.2) is 22.6 Å². The third-order valence-electron chi connectivity index (χ3n) is 4.00. The highest BCUT2D eigenvalue weighted by Gasteiger charge is 2.25. The van der Waals surface area contributed by atoms with Gasteiger partial charge in [0.1, 0.15) is 0 Å². The van der Waals surface area contributed by atoms with Gasteiger partial charge < -0.3 is 10.4 Å². The van der Waals surface area contributed by atoms with Crippen molar-refractivity contribution in [1.82, 2.24) is 10.3 Å². The summed E-state index contributed by atoms with van der Waals surface area (Å²) in [5.74, 6) is 0.382. The minimum atomic E-state index is -0.625. The van der Waals surface area contributed by atoms with Crippen LogP contribution >= 0.6 is 11.3 Å². The van der Waals surface area contributed by atoms with Crippen molar-refractivity contribution in [3.8, 4) is 0 Å². The molecule has 2 N–H and O–H groups in total. The first-order chi connectivity index (χ1) is 9.56. The molecule has 0 amide bonds. The van der Waals surface area contributed by atoms with Crippen molar-refractivity contribution in [2.75, 3.05) is 6.54 Å². The normalized spacial score (nSPS) is 23.1. The maximum atomic E-state index is 10.9. The fourth-order valence-electron chi connectivity index (χ4n) is 2.69. The molecule has 1 aromatic heterocycles. The third-order valence-corrected chi connectivity index (χ3v) is 5.19. The zero-order valence-corrected chi connectivity index (χ0v) is 13.1. The predicted octanol–water partition coefficient (Wildman–Crippen LogP) is 3.25. The number of rotatable bonds is 6. The summed E-state index contributed by atoms with van der Waals surface area (Å²) in [4.78, 5) is 15.5. The predicted molar refractivity (Wildman–Crippen MR) is 81.0 cm³/mol. The first-order valence-electron chi connectivity index (χ1n) is 7.44. The molecule has 1 aliphatic carbocycles. The van der Waals surface area contributed by atoms with Gasteiger partial charge in [0, 0.05) is 17.8 Å². The summed E-state index contributed by atoms with van der Waals surface area (Å²) in [6.07, 6.45) is 3.71. The largest absolute Gasteiger partial charge is 0.481 e. The maximum absolute atomic E-state index is 10.9. The number of carbonyl (C=O) groups is 1. The highest BCUT2D eigenvalue weighted by molar-refractivity contribution is 7.09. The van der Waals surface area contributed by atoms with Crippen LogP contribution < -0.4 is 5.32 Å². The molecule has 4 nitrogen and oxygen atoms in total. The molecule has 0 aliphatic heterocycles. The van der Waals surface area contributed by atoms with Gasteiger partial charge in [0.2, 0.25) is 0 Å². The zero-order valence-electron chi connectivity index (χ0n) is 12.3. The molecule has 1 aliphatic rings. The van der Waals surface area contributed by atoms with Gasteiger partial charge in [-0.2, -0.15) is 0 Å². The van der Waals surface area contributed by atoms with Gasteiger partial charge in [0.05, 0.1) is 16.6 Å². The quantitative estimate of drug-likeness (QED) is 0.846. The van der Waals surface area contributed by atoms with Crippen LogP contribution in [0.3, 0.4) is 0 Å². The van der Waals surface area contributed by atoms with Crippen LogP contribution in [-0.2, 0) is 11.3 Å². The van der Waals surface area contributed by atoms with Crippen LogP contribution in [0.15, 0.2) is 5.38 Å². The van der Waals surface area contributed by atoms with E-state index in [9.17, 15) is 4.79 Å². The zero-order chi connectivity index (χ0) is 14.5. The van der Waals surface area contributed by atoms with Crippen molar-refractivity contribution in [1.29, 1.82) is 0 Å². The molecule has 0 bridgehead atoms. The number of carboxylic acids is 1. The summed E-state index contributed by atoms with van der Waals surface area (Å²) in [7, 11) is 0. The molecule has 0 unspecified atom stereocenters. The Bertz CT molecular complexity index is 437. The summed E-state index contributed by atoms with van der Waals surface area (Å²) in [6.45, 7) is 6.12. The van der Waals surface area contributed by atoms with Crippen LogP contribution in [0.4, 0.5) is 0 Å². The van der Waals surface area contributed by atoms with E-state index in [-0.39, 0.29) is 5.92 Å². The number of aliphatic carboxylic acids is 1. The fraction of sp³-hybridized carbons (Fsp3) is 0.733. The number of hydrogen-bond donors (Lipinski definition) is 2. The Balaban J connectivity index is 1.67. The lowest BCUT2D eigenvalue weighted by molar-refractivity contribution is -0.143. The molecule has 0 aromatic carbocycles. The molecular formula is C15H24N2O2S. The summed E-state index contributed by atoms with van der Waals surface area (Å²) < 4.78 is 0. The molecule has 1 heterocycles. The van der Waals surface area contributed by atoms with E-state index in [1.54, 1.807) is 11.3 Å². The van der Waals surface area contributed by atoms with Crippen molar-refractivity contribution < 1.29 is 9.90 Å². The number of hydrogen-bond acceptors (Lipinski definition) is 4. The van der Waals surface area contributed by atoms with Gasteiger partial charge in [-0.3, -0.25) is 4.79 Å². The second kappa shape index (κ2) is 7.18. The Morgan fingerprint density at radius 3 is 2.70 bits per heavy atom. The lowest BCUT2D eigenvalue weighted by atomic mass is 9.82. The van der Waals surface area contributed by atoms with Gasteiger partial charge in [-0.15, -0.1) is 11.3 Å². The third kappa shape index (κ3) is 4.28. The van der Waals surface area contributed by atoms with Gasteiger partial charge in [0.25, 0.3) is 0 Å². The number of nitrogens with zero attached hydrogens (tertiary/aromatic N) is 1. The van der Waals surface area contributed by atoms with E-state index in [1.807, 2.05) is 0 Å². The summed E-state index contributed by atoms with van der Waals surface area (Å²) in [5.41, 5.74) is 1.12. The van der Waals surface area contributed by atoms with Crippen molar-refractivity contribution in [3.05, 3.63) is 16.1 Å². The molecule has 0 atom stereocenters. The van der Waals surface area contributed by atoms with E-state index in [2.05, 4.69) is 29.5 Å². The average Bonchev–Trinajstić information content (AvgIpc) is 2.88. The second-order valence-corrected chi connectivity index (χ2v) is 6.91.